The summed E-state index contributed by atoms with van der Waals surface area (Å²) >= 11 is 0. The van der Waals surface area contributed by atoms with Gasteiger partial charge in [-0.3, -0.25) is 0 Å². The Bertz CT molecular complexity index is 712. The minimum absolute atomic E-state index is 0.116. The van der Waals surface area contributed by atoms with Crippen molar-refractivity contribution in [1.29, 1.82) is 0 Å². The van der Waals surface area contributed by atoms with E-state index in [0.29, 0.717) is 0 Å². The fourth-order valence-corrected chi connectivity index (χ4v) is 2.40. The number of hydrogen-bond acceptors (Lipinski definition) is 6. The van der Waals surface area contributed by atoms with Crippen LogP contribution in [-0.2, 0) is 10.0 Å². The maximum atomic E-state index is 12.8. The second-order valence-corrected chi connectivity index (χ2v) is 5.52. The van der Waals surface area contributed by atoms with E-state index in [4.69, 9.17) is 9.47 Å². The number of ether oxygens (including phenoxy) is 2. The van der Waals surface area contributed by atoms with Crippen molar-refractivity contribution in [1.82, 2.24) is 9.97 Å². The monoisotopic (exact) mass is 313 g/mol. The predicted octanol–water partition coefficient (Wildman–Crippen LogP) is 1.43. The zero-order valence-corrected chi connectivity index (χ0v) is 12.0. The van der Waals surface area contributed by atoms with Gasteiger partial charge in [0.2, 0.25) is 17.7 Å². The lowest BCUT2D eigenvalue weighted by Gasteiger charge is -2.09. The third-order valence-corrected chi connectivity index (χ3v) is 3.79. The molecule has 0 unspecified atom stereocenters. The molecule has 1 N–H and O–H groups in total. The summed E-state index contributed by atoms with van der Waals surface area (Å²) in [6.07, 6.45) is 0. The van der Waals surface area contributed by atoms with Gasteiger partial charge in [-0.15, -0.1) is 0 Å². The molecular weight excluding hydrogens is 301 g/mol. The Morgan fingerprint density at radius 3 is 2.05 bits per heavy atom. The quantitative estimate of drug-likeness (QED) is 0.898. The molecule has 112 valence electrons. The van der Waals surface area contributed by atoms with Crippen molar-refractivity contribution < 1.29 is 22.3 Å². The predicted molar refractivity (Wildman–Crippen MR) is 72.3 cm³/mol. The van der Waals surface area contributed by atoms with Crippen LogP contribution in [-0.4, -0.2) is 32.6 Å². The first-order chi connectivity index (χ1) is 9.94. The van der Waals surface area contributed by atoms with E-state index in [1.165, 1.54) is 20.3 Å². The summed E-state index contributed by atoms with van der Waals surface area (Å²) in [4.78, 5) is 7.58. The topological polar surface area (TPSA) is 90.4 Å². The molecule has 0 radical (unpaired) electrons. The second kappa shape index (κ2) is 5.92. The van der Waals surface area contributed by atoms with E-state index in [1.54, 1.807) is 0 Å². The van der Waals surface area contributed by atoms with Crippen LogP contribution in [0.5, 0.6) is 11.8 Å². The van der Waals surface area contributed by atoms with Gasteiger partial charge in [-0.25, -0.2) is 17.5 Å². The van der Waals surface area contributed by atoms with Crippen molar-refractivity contribution in [2.75, 3.05) is 18.9 Å². The zero-order chi connectivity index (χ0) is 15.5. The molecule has 0 amide bonds. The molecule has 0 aliphatic carbocycles. The van der Waals surface area contributed by atoms with Crippen molar-refractivity contribution in [2.45, 2.75) is 4.90 Å². The Balaban J connectivity index is 2.34. The Labute approximate surface area is 120 Å². The number of halogens is 1. The number of nitrogens with one attached hydrogen (secondary N) is 1. The average molecular weight is 313 g/mol. The average Bonchev–Trinajstić information content (AvgIpc) is 2.46. The fourth-order valence-electron chi connectivity index (χ4n) is 1.45. The normalized spacial score (nSPS) is 11.0. The molecule has 0 aliphatic heterocycles. The molecule has 0 atom stereocenters. The van der Waals surface area contributed by atoms with Crippen LogP contribution >= 0.6 is 0 Å². The molecule has 1 aromatic carbocycles. The molecule has 0 spiro atoms. The summed E-state index contributed by atoms with van der Waals surface area (Å²) in [7, 11) is -1.18. The highest BCUT2D eigenvalue weighted by Crippen LogP contribution is 2.20. The van der Waals surface area contributed by atoms with Gasteiger partial charge >= 0.3 is 0 Å². The Morgan fingerprint density at radius 1 is 1.05 bits per heavy atom. The van der Waals surface area contributed by atoms with Gasteiger partial charge in [0, 0.05) is 0 Å². The lowest BCUT2D eigenvalue weighted by molar-refractivity contribution is 0.373. The largest absolute Gasteiger partial charge is 0.481 e. The third-order valence-electron chi connectivity index (χ3n) is 2.45. The molecule has 2 rings (SSSR count). The van der Waals surface area contributed by atoms with Crippen molar-refractivity contribution in [3.63, 3.8) is 0 Å². The molecule has 1 heterocycles. The molecule has 21 heavy (non-hydrogen) atoms. The van der Waals surface area contributed by atoms with Gasteiger partial charge in [-0.2, -0.15) is 9.97 Å². The first kappa shape index (κ1) is 15.0. The SMILES string of the molecule is COc1cc(OC)nc(NS(=O)(=O)c2ccc(F)cc2)n1. The number of sulfonamides is 1. The summed E-state index contributed by atoms with van der Waals surface area (Å²) < 4.78 is 49.1. The highest BCUT2D eigenvalue weighted by atomic mass is 32.2. The minimum Gasteiger partial charge on any atom is -0.481 e. The van der Waals surface area contributed by atoms with Crippen LogP contribution in [0.25, 0.3) is 0 Å². The molecule has 7 nitrogen and oxygen atoms in total. The highest BCUT2D eigenvalue weighted by Gasteiger charge is 2.17. The van der Waals surface area contributed by atoms with E-state index < -0.39 is 15.8 Å². The number of rotatable bonds is 5. The van der Waals surface area contributed by atoms with Crippen molar-refractivity contribution in [3.05, 3.63) is 36.1 Å². The van der Waals surface area contributed by atoms with Crippen LogP contribution in [0.2, 0.25) is 0 Å². The smallest absolute Gasteiger partial charge is 0.264 e. The molecule has 9 heteroatoms. The molecule has 0 bridgehead atoms. The van der Waals surface area contributed by atoms with Gasteiger partial charge in [0.15, 0.2) is 0 Å². The summed E-state index contributed by atoms with van der Waals surface area (Å²) in [6.45, 7) is 0. The summed E-state index contributed by atoms with van der Waals surface area (Å²) in [5.41, 5.74) is 0. The van der Waals surface area contributed by atoms with Gasteiger partial charge in [-0.1, -0.05) is 0 Å². The van der Waals surface area contributed by atoms with Gasteiger partial charge in [0.05, 0.1) is 25.2 Å². The number of anilines is 1. The van der Waals surface area contributed by atoms with E-state index in [9.17, 15) is 12.8 Å². The minimum atomic E-state index is -3.93. The van der Waals surface area contributed by atoms with E-state index in [-0.39, 0.29) is 22.6 Å². The van der Waals surface area contributed by atoms with Crippen LogP contribution in [0, 0.1) is 5.82 Å². The number of benzene rings is 1. The molecule has 0 aliphatic rings. The van der Waals surface area contributed by atoms with Crippen LogP contribution in [0.4, 0.5) is 10.3 Å². The molecule has 1 aromatic heterocycles. The molecular formula is C12H12FN3O4S. The number of nitrogens with zero attached hydrogens (tertiary/aromatic N) is 2. The van der Waals surface area contributed by atoms with Gasteiger partial charge in [0.25, 0.3) is 10.0 Å². The van der Waals surface area contributed by atoms with Crippen molar-refractivity contribution in [2.24, 2.45) is 0 Å². The zero-order valence-electron chi connectivity index (χ0n) is 11.2. The second-order valence-electron chi connectivity index (χ2n) is 3.84. The number of hydrogen-bond donors (Lipinski definition) is 1. The molecule has 0 saturated carbocycles. The van der Waals surface area contributed by atoms with Gasteiger partial charge in [0.1, 0.15) is 5.82 Å². The Morgan fingerprint density at radius 2 is 1.57 bits per heavy atom. The third kappa shape index (κ3) is 3.57. The van der Waals surface area contributed by atoms with Gasteiger partial charge in [-0.05, 0) is 24.3 Å². The Hall–Kier alpha value is -2.42. The lowest BCUT2D eigenvalue weighted by atomic mass is 10.4. The van der Waals surface area contributed by atoms with Crippen molar-refractivity contribution in [3.8, 4) is 11.8 Å². The van der Waals surface area contributed by atoms with E-state index in [1.807, 2.05) is 0 Å². The van der Waals surface area contributed by atoms with E-state index in [0.717, 1.165) is 24.3 Å². The van der Waals surface area contributed by atoms with E-state index >= 15 is 0 Å². The van der Waals surface area contributed by atoms with Gasteiger partial charge < -0.3 is 9.47 Å². The lowest BCUT2D eigenvalue weighted by Crippen LogP contribution is -2.15. The Kier molecular flexibility index (Phi) is 4.22. The molecule has 0 saturated heterocycles. The van der Waals surface area contributed by atoms with Crippen molar-refractivity contribution >= 4 is 16.0 Å². The van der Waals surface area contributed by atoms with Crippen LogP contribution in [0.1, 0.15) is 0 Å². The number of aromatic nitrogens is 2. The fraction of sp³-hybridized carbons (Fsp3) is 0.167. The maximum absolute atomic E-state index is 12.8. The summed E-state index contributed by atoms with van der Waals surface area (Å²) in [5, 5.41) is 0. The highest BCUT2D eigenvalue weighted by molar-refractivity contribution is 7.92. The van der Waals surface area contributed by atoms with E-state index in [2.05, 4.69) is 14.7 Å². The standard InChI is InChI=1S/C12H12FN3O4S/c1-19-10-7-11(20-2)15-12(14-10)16-21(17,18)9-5-3-8(13)4-6-9/h3-7H,1-2H3,(H,14,15,16). The summed E-state index contributed by atoms with van der Waals surface area (Å²) in [5.74, 6) is -0.471. The summed E-state index contributed by atoms with van der Waals surface area (Å²) in [6, 6.07) is 5.75. The van der Waals surface area contributed by atoms with Crippen LogP contribution in [0.15, 0.2) is 35.2 Å². The van der Waals surface area contributed by atoms with Crippen LogP contribution < -0.4 is 14.2 Å². The first-order valence-electron chi connectivity index (χ1n) is 5.70. The number of methoxy groups -OCH3 is 2. The maximum Gasteiger partial charge on any atom is 0.264 e. The molecule has 0 fully saturated rings. The molecule has 2 aromatic rings. The van der Waals surface area contributed by atoms with Crippen LogP contribution in [0.3, 0.4) is 0 Å². The first-order valence-corrected chi connectivity index (χ1v) is 7.18.